The third kappa shape index (κ3) is 8.78. The molecule has 0 heterocycles. The molecule has 1 atom stereocenters. The predicted octanol–water partition coefficient (Wildman–Crippen LogP) is 5.27. The Kier molecular flexibility index (Phi) is 12.2. The van der Waals surface area contributed by atoms with Gasteiger partial charge < -0.3 is 15.0 Å². The number of nitrogens with zero attached hydrogens (tertiary/aromatic N) is 2. The highest BCUT2D eigenvalue weighted by Crippen LogP contribution is 2.31. The molecule has 0 aliphatic heterocycles. The first-order valence-corrected chi connectivity index (χ1v) is 15.2. The lowest BCUT2D eigenvalue weighted by molar-refractivity contribution is -0.141. The second-order valence-corrected chi connectivity index (χ2v) is 11.9. The quantitative estimate of drug-likeness (QED) is 0.326. The topological polar surface area (TPSA) is 96.0 Å². The van der Waals surface area contributed by atoms with Gasteiger partial charge in [-0.1, -0.05) is 48.3 Å². The third-order valence-corrected chi connectivity index (χ3v) is 7.68. The average Bonchev–Trinajstić information content (AvgIpc) is 2.83. The second kappa shape index (κ2) is 14.6. The van der Waals surface area contributed by atoms with E-state index in [2.05, 4.69) is 5.32 Å². The molecule has 2 amide bonds. The fourth-order valence-corrected chi connectivity index (χ4v) is 5.56. The minimum atomic E-state index is -3.66. The van der Waals surface area contributed by atoms with Crippen LogP contribution in [0.1, 0.15) is 52.5 Å². The van der Waals surface area contributed by atoms with Crippen molar-refractivity contribution in [3.63, 3.8) is 0 Å². The largest absolute Gasteiger partial charge is 0.492 e. The van der Waals surface area contributed by atoms with Crippen LogP contribution >= 0.6 is 23.2 Å². The first kappa shape index (κ1) is 31.7. The number of carbonyl (C=O) groups is 2. The molecular formula is C27H37Cl2N3O5S. The highest BCUT2D eigenvalue weighted by molar-refractivity contribution is 7.92. The number of para-hydroxylation sites is 2. The number of ether oxygens (including phenoxy) is 1. The van der Waals surface area contributed by atoms with Crippen molar-refractivity contribution in [3.05, 3.63) is 58.1 Å². The number of hydrogen-bond acceptors (Lipinski definition) is 5. The number of rotatable bonds is 14. The molecule has 11 heteroatoms. The van der Waals surface area contributed by atoms with Gasteiger partial charge in [-0.3, -0.25) is 13.9 Å². The molecule has 2 rings (SSSR count). The van der Waals surface area contributed by atoms with Crippen molar-refractivity contribution in [2.24, 2.45) is 0 Å². The Hall–Kier alpha value is -2.49. The van der Waals surface area contributed by atoms with E-state index in [4.69, 9.17) is 27.9 Å². The van der Waals surface area contributed by atoms with E-state index in [1.54, 1.807) is 42.5 Å². The maximum Gasteiger partial charge on any atom is 0.243 e. The summed E-state index contributed by atoms with van der Waals surface area (Å²) in [6, 6.07) is 11.1. The molecule has 0 bridgehead atoms. The lowest BCUT2D eigenvalue weighted by Crippen LogP contribution is -2.50. The van der Waals surface area contributed by atoms with Gasteiger partial charge in [0.25, 0.3) is 0 Å². The Morgan fingerprint density at radius 3 is 2.21 bits per heavy atom. The second-order valence-electron chi connectivity index (χ2n) is 9.15. The van der Waals surface area contributed by atoms with Crippen molar-refractivity contribution in [3.8, 4) is 5.75 Å². The number of carbonyl (C=O) groups excluding carboxylic acids is 2. The first-order chi connectivity index (χ1) is 17.9. The van der Waals surface area contributed by atoms with Crippen molar-refractivity contribution in [2.75, 3.05) is 23.7 Å². The Morgan fingerprint density at radius 2 is 1.66 bits per heavy atom. The van der Waals surface area contributed by atoms with Crippen molar-refractivity contribution >= 4 is 50.7 Å². The highest BCUT2D eigenvalue weighted by atomic mass is 35.5. The van der Waals surface area contributed by atoms with Gasteiger partial charge in [-0.15, -0.1) is 0 Å². The average molecular weight is 587 g/mol. The molecule has 0 aliphatic carbocycles. The number of sulfonamides is 1. The fourth-order valence-electron chi connectivity index (χ4n) is 4.08. The summed E-state index contributed by atoms with van der Waals surface area (Å²) < 4.78 is 32.2. The van der Waals surface area contributed by atoms with E-state index in [1.807, 2.05) is 27.7 Å². The number of hydrogen-bond donors (Lipinski definition) is 1. The summed E-state index contributed by atoms with van der Waals surface area (Å²) in [5.41, 5.74) is 0.954. The number of benzene rings is 2. The molecule has 0 fully saturated rings. The summed E-state index contributed by atoms with van der Waals surface area (Å²) in [6.07, 6.45) is 1.73. The van der Waals surface area contributed by atoms with Gasteiger partial charge in [0.1, 0.15) is 11.8 Å². The SMILES string of the molecule is CCOc1ccccc1N(CCCC(=O)N(Cc1c(Cl)cccc1Cl)[C@H](CC)C(=O)NC(C)C)S(C)(=O)=O. The number of amides is 2. The van der Waals surface area contributed by atoms with E-state index in [1.165, 1.54) is 9.21 Å². The molecule has 0 saturated heterocycles. The first-order valence-electron chi connectivity index (χ1n) is 12.6. The Labute approximate surface area is 236 Å². The van der Waals surface area contributed by atoms with Gasteiger partial charge in [-0.2, -0.15) is 0 Å². The van der Waals surface area contributed by atoms with Gasteiger partial charge in [0.2, 0.25) is 21.8 Å². The van der Waals surface area contributed by atoms with Crippen molar-refractivity contribution < 1.29 is 22.7 Å². The summed E-state index contributed by atoms with van der Waals surface area (Å²) in [5, 5.41) is 3.67. The van der Waals surface area contributed by atoms with E-state index in [-0.39, 0.29) is 43.8 Å². The van der Waals surface area contributed by atoms with E-state index < -0.39 is 16.1 Å². The molecule has 0 unspecified atom stereocenters. The molecular weight excluding hydrogens is 549 g/mol. The van der Waals surface area contributed by atoms with E-state index in [0.717, 1.165) is 6.26 Å². The molecule has 0 aliphatic rings. The van der Waals surface area contributed by atoms with Gasteiger partial charge in [0.15, 0.2) is 0 Å². The van der Waals surface area contributed by atoms with Crippen molar-refractivity contribution in [2.45, 2.75) is 65.6 Å². The van der Waals surface area contributed by atoms with Crippen LogP contribution in [-0.4, -0.2) is 56.6 Å². The monoisotopic (exact) mass is 585 g/mol. The molecule has 210 valence electrons. The minimum absolute atomic E-state index is 0.0103. The van der Waals surface area contributed by atoms with Crippen LogP contribution in [0.3, 0.4) is 0 Å². The summed E-state index contributed by atoms with van der Waals surface area (Å²) in [6.45, 7) is 7.83. The zero-order chi connectivity index (χ0) is 28.5. The Morgan fingerprint density at radius 1 is 1.03 bits per heavy atom. The van der Waals surface area contributed by atoms with Gasteiger partial charge >= 0.3 is 0 Å². The number of nitrogens with one attached hydrogen (secondary N) is 1. The van der Waals surface area contributed by atoms with Crippen LogP contribution in [0.4, 0.5) is 5.69 Å². The molecule has 2 aromatic rings. The van der Waals surface area contributed by atoms with Crippen LogP contribution in [0.25, 0.3) is 0 Å². The molecule has 0 radical (unpaired) electrons. The molecule has 0 aromatic heterocycles. The molecule has 2 aromatic carbocycles. The van der Waals surface area contributed by atoms with Gasteiger partial charge in [0.05, 0.1) is 18.6 Å². The zero-order valence-corrected chi connectivity index (χ0v) is 24.9. The molecule has 8 nitrogen and oxygen atoms in total. The smallest absolute Gasteiger partial charge is 0.243 e. The van der Waals surface area contributed by atoms with E-state index >= 15 is 0 Å². The zero-order valence-electron chi connectivity index (χ0n) is 22.5. The van der Waals surface area contributed by atoms with Crippen LogP contribution in [0.5, 0.6) is 5.75 Å². The van der Waals surface area contributed by atoms with Crippen molar-refractivity contribution in [1.82, 2.24) is 10.2 Å². The molecule has 0 spiro atoms. The van der Waals surface area contributed by atoms with Crippen LogP contribution in [0.15, 0.2) is 42.5 Å². The van der Waals surface area contributed by atoms with E-state index in [0.29, 0.717) is 40.1 Å². The van der Waals surface area contributed by atoms with Crippen LogP contribution in [-0.2, 0) is 26.2 Å². The maximum absolute atomic E-state index is 13.6. The minimum Gasteiger partial charge on any atom is -0.492 e. The van der Waals surface area contributed by atoms with Crippen LogP contribution < -0.4 is 14.4 Å². The standard InChI is InChI=1S/C27H37Cl2N3O5S/c1-6-23(27(34)30-19(3)4)31(18-20-21(28)12-10-13-22(20)29)26(33)16-11-17-32(38(5,35)36)24-14-8-9-15-25(24)37-7-2/h8-10,12-15,19,23H,6-7,11,16-18H2,1-5H3,(H,30,34)/t23-/m1/s1. The fraction of sp³-hybridized carbons (Fsp3) is 0.481. The Bertz CT molecular complexity index is 1190. The summed E-state index contributed by atoms with van der Waals surface area (Å²) in [4.78, 5) is 28.1. The van der Waals surface area contributed by atoms with Crippen molar-refractivity contribution in [1.29, 1.82) is 0 Å². The van der Waals surface area contributed by atoms with Crippen LogP contribution in [0, 0.1) is 0 Å². The van der Waals surface area contributed by atoms with Gasteiger partial charge in [-0.05, 0) is 57.9 Å². The summed E-state index contributed by atoms with van der Waals surface area (Å²) in [5.74, 6) is -0.140. The highest BCUT2D eigenvalue weighted by Gasteiger charge is 2.30. The maximum atomic E-state index is 13.6. The molecule has 38 heavy (non-hydrogen) atoms. The molecule has 0 saturated carbocycles. The lowest BCUT2D eigenvalue weighted by atomic mass is 10.1. The predicted molar refractivity (Wildman–Crippen MR) is 153 cm³/mol. The lowest BCUT2D eigenvalue weighted by Gasteiger charge is -2.32. The Balaban J connectivity index is 2.31. The summed E-state index contributed by atoms with van der Waals surface area (Å²) >= 11 is 12.8. The van der Waals surface area contributed by atoms with Gasteiger partial charge in [0, 0.05) is 41.2 Å². The van der Waals surface area contributed by atoms with Crippen LogP contribution in [0.2, 0.25) is 10.0 Å². The summed E-state index contributed by atoms with van der Waals surface area (Å²) in [7, 11) is -3.66. The normalized spacial score (nSPS) is 12.2. The number of anilines is 1. The number of halogens is 2. The third-order valence-electron chi connectivity index (χ3n) is 5.79. The van der Waals surface area contributed by atoms with E-state index in [9.17, 15) is 18.0 Å². The van der Waals surface area contributed by atoms with Gasteiger partial charge in [-0.25, -0.2) is 8.42 Å². The molecule has 1 N–H and O–H groups in total.